The molecular formula is C14H22N2O4. The Morgan fingerprint density at radius 1 is 0.950 bits per heavy atom. The van der Waals surface area contributed by atoms with Gasteiger partial charge >= 0.3 is 11.9 Å². The largest absolute Gasteiger partial charge is 0.478 e. The van der Waals surface area contributed by atoms with Gasteiger partial charge in [-0.25, -0.2) is 9.59 Å². The standard InChI is InChI=1S/C8H7NO4.C6H15N/c9-6-2-4(7(10)11)1-5(3-6)8(12)13;1-4-7(5-2)6-3/h1-3H,9H2,(H,10,11)(H,12,13);4-6H2,1-3H3. The van der Waals surface area contributed by atoms with Crippen molar-refractivity contribution < 1.29 is 19.8 Å². The number of hydrogen-bond acceptors (Lipinski definition) is 4. The molecular weight excluding hydrogens is 260 g/mol. The SMILES string of the molecule is CCN(CC)CC.Nc1cc(C(=O)O)cc(C(=O)O)c1. The maximum Gasteiger partial charge on any atom is 0.335 e. The minimum absolute atomic E-state index is 0.123. The van der Waals surface area contributed by atoms with Gasteiger partial charge in [0.2, 0.25) is 0 Å². The summed E-state index contributed by atoms with van der Waals surface area (Å²) in [5.74, 6) is -2.40. The summed E-state index contributed by atoms with van der Waals surface area (Å²) in [5.41, 5.74) is 5.18. The smallest absolute Gasteiger partial charge is 0.335 e. The van der Waals surface area contributed by atoms with Gasteiger partial charge in [-0.2, -0.15) is 0 Å². The Labute approximate surface area is 118 Å². The molecule has 20 heavy (non-hydrogen) atoms. The van der Waals surface area contributed by atoms with Crippen molar-refractivity contribution in [3.05, 3.63) is 29.3 Å². The molecule has 0 saturated carbocycles. The number of carbonyl (C=O) groups is 2. The van der Waals surface area contributed by atoms with Gasteiger partial charge in [-0.15, -0.1) is 0 Å². The van der Waals surface area contributed by atoms with E-state index in [-0.39, 0.29) is 16.8 Å². The van der Waals surface area contributed by atoms with Crippen LogP contribution in [0.15, 0.2) is 18.2 Å². The first-order chi connectivity index (χ1) is 9.35. The normalized spacial score (nSPS) is 9.80. The molecule has 112 valence electrons. The quantitative estimate of drug-likeness (QED) is 0.714. The second-order valence-corrected chi connectivity index (χ2v) is 4.07. The van der Waals surface area contributed by atoms with Gasteiger partial charge < -0.3 is 20.8 Å². The molecule has 0 aliphatic rings. The molecule has 0 saturated heterocycles. The number of carboxylic acids is 2. The van der Waals surface area contributed by atoms with Gasteiger partial charge in [-0.3, -0.25) is 0 Å². The third kappa shape index (κ3) is 6.19. The first-order valence-corrected chi connectivity index (χ1v) is 6.45. The van der Waals surface area contributed by atoms with Crippen molar-refractivity contribution in [2.75, 3.05) is 25.4 Å². The average molecular weight is 282 g/mol. The zero-order valence-electron chi connectivity index (χ0n) is 12.1. The fraction of sp³-hybridized carbons (Fsp3) is 0.429. The highest BCUT2D eigenvalue weighted by Crippen LogP contribution is 2.11. The molecule has 1 aromatic rings. The topological polar surface area (TPSA) is 104 Å². The zero-order valence-corrected chi connectivity index (χ0v) is 12.1. The molecule has 0 spiro atoms. The van der Waals surface area contributed by atoms with E-state index in [9.17, 15) is 9.59 Å². The van der Waals surface area contributed by atoms with Crippen LogP contribution in [0.3, 0.4) is 0 Å². The molecule has 0 aliphatic carbocycles. The van der Waals surface area contributed by atoms with Crippen LogP contribution in [0.4, 0.5) is 5.69 Å². The van der Waals surface area contributed by atoms with E-state index in [1.807, 2.05) is 0 Å². The number of nitrogen functional groups attached to an aromatic ring is 1. The minimum atomic E-state index is -1.20. The van der Waals surface area contributed by atoms with Crippen molar-refractivity contribution in [1.82, 2.24) is 4.90 Å². The molecule has 0 unspecified atom stereocenters. The third-order valence-corrected chi connectivity index (χ3v) is 2.79. The number of rotatable bonds is 5. The number of nitrogens with two attached hydrogens (primary N) is 1. The van der Waals surface area contributed by atoms with Gasteiger partial charge in [0.15, 0.2) is 0 Å². The van der Waals surface area contributed by atoms with Crippen LogP contribution in [0.1, 0.15) is 41.5 Å². The van der Waals surface area contributed by atoms with Crippen LogP contribution >= 0.6 is 0 Å². The third-order valence-electron chi connectivity index (χ3n) is 2.79. The summed E-state index contributed by atoms with van der Waals surface area (Å²) in [5, 5.41) is 17.1. The number of aromatic carboxylic acids is 2. The first kappa shape index (κ1) is 17.9. The molecule has 0 fully saturated rings. The van der Waals surface area contributed by atoms with Crippen LogP contribution < -0.4 is 5.73 Å². The molecule has 0 aliphatic heterocycles. The number of hydrogen-bond donors (Lipinski definition) is 3. The number of carboxylic acid groups (broad SMARTS) is 2. The highest BCUT2D eigenvalue weighted by molar-refractivity contribution is 5.95. The molecule has 0 bridgehead atoms. The van der Waals surface area contributed by atoms with E-state index in [1.165, 1.54) is 31.8 Å². The predicted octanol–water partition coefficient (Wildman–Crippen LogP) is 2.01. The van der Waals surface area contributed by atoms with Gasteiger partial charge in [0.05, 0.1) is 11.1 Å². The van der Waals surface area contributed by atoms with Gasteiger partial charge in [0.25, 0.3) is 0 Å². The second kappa shape index (κ2) is 8.92. The number of benzene rings is 1. The summed E-state index contributed by atoms with van der Waals surface area (Å²) in [7, 11) is 0. The lowest BCUT2D eigenvalue weighted by Crippen LogP contribution is -2.21. The summed E-state index contributed by atoms with van der Waals surface area (Å²) in [6, 6.07) is 3.46. The lowest BCUT2D eigenvalue weighted by Gasteiger charge is -2.13. The van der Waals surface area contributed by atoms with Crippen molar-refractivity contribution in [3.63, 3.8) is 0 Å². The lowest BCUT2D eigenvalue weighted by molar-refractivity contribution is 0.0696. The van der Waals surface area contributed by atoms with Crippen molar-refractivity contribution in [2.45, 2.75) is 20.8 Å². The van der Waals surface area contributed by atoms with E-state index < -0.39 is 11.9 Å². The highest BCUT2D eigenvalue weighted by atomic mass is 16.4. The van der Waals surface area contributed by atoms with Crippen molar-refractivity contribution >= 4 is 17.6 Å². The second-order valence-electron chi connectivity index (χ2n) is 4.07. The Balaban J connectivity index is 0.000000441. The van der Waals surface area contributed by atoms with Crippen molar-refractivity contribution in [1.29, 1.82) is 0 Å². The summed E-state index contributed by atoms with van der Waals surface area (Å²) in [6.45, 7) is 10.1. The van der Waals surface area contributed by atoms with Gasteiger partial charge in [-0.1, -0.05) is 20.8 Å². The Kier molecular flexibility index (Phi) is 8.00. The summed E-state index contributed by atoms with van der Waals surface area (Å²) < 4.78 is 0. The van der Waals surface area contributed by atoms with E-state index in [1.54, 1.807) is 0 Å². The fourth-order valence-corrected chi connectivity index (χ4v) is 1.57. The first-order valence-electron chi connectivity index (χ1n) is 6.45. The van der Waals surface area contributed by atoms with Crippen LogP contribution in [-0.2, 0) is 0 Å². The molecule has 0 heterocycles. The average Bonchev–Trinajstić information content (AvgIpc) is 2.40. The monoisotopic (exact) mass is 282 g/mol. The minimum Gasteiger partial charge on any atom is -0.478 e. The fourth-order valence-electron chi connectivity index (χ4n) is 1.57. The van der Waals surface area contributed by atoms with Crippen LogP contribution in [-0.4, -0.2) is 46.7 Å². The molecule has 0 amide bonds. The predicted molar refractivity (Wildman–Crippen MR) is 78.2 cm³/mol. The van der Waals surface area contributed by atoms with Crippen LogP contribution in [0.25, 0.3) is 0 Å². The van der Waals surface area contributed by atoms with Crippen LogP contribution in [0, 0.1) is 0 Å². The maximum atomic E-state index is 10.5. The Bertz CT molecular complexity index is 419. The van der Waals surface area contributed by atoms with Crippen molar-refractivity contribution in [3.8, 4) is 0 Å². The summed E-state index contributed by atoms with van der Waals surface area (Å²) in [6.07, 6.45) is 0. The van der Waals surface area contributed by atoms with Gasteiger partial charge in [0, 0.05) is 5.69 Å². The molecule has 6 nitrogen and oxygen atoms in total. The Morgan fingerprint density at radius 3 is 1.50 bits per heavy atom. The molecule has 0 radical (unpaired) electrons. The van der Waals surface area contributed by atoms with Gasteiger partial charge in [0.1, 0.15) is 0 Å². The number of anilines is 1. The van der Waals surface area contributed by atoms with Gasteiger partial charge in [-0.05, 0) is 37.8 Å². The van der Waals surface area contributed by atoms with Crippen LogP contribution in [0.5, 0.6) is 0 Å². The Morgan fingerprint density at radius 2 is 1.30 bits per heavy atom. The molecule has 6 heteroatoms. The van der Waals surface area contributed by atoms with Crippen molar-refractivity contribution in [2.24, 2.45) is 0 Å². The molecule has 0 atom stereocenters. The zero-order chi connectivity index (χ0) is 15.7. The summed E-state index contributed by atoms with van der Waals surface area (Å²) in [4.78, 5) is 23.3. The molecule has 1 rings (SSSR count). The van der Waals surface area contributed by atoms with E-state index in [4.69, 9.17) is 15.9 Å². The Hall–Kier alpha value is -2.08. The van der Waals surface area contributed by atoms with Crippen LogP contribution in [0.2, 0.25) is 0 Å². The molecule has 1 aromatic carbocycles. The number of nitrogens with zero attached hydrogens (tertiary/aromatic N) is 1. The van der Waals surface area contributed by atoms with E-state index in [0.717, 1.165) is 6.07 Å². The van der Waals surface area contributed by atoms with E-state index >= 15 is 0 Å². The maximum absolute atomic E-state index is 10.5. The molecule has 0 aromatic heterocycles. The highest BCUT2D eigenvalue weighted by Gasteiger charge is 2.09. The molecule has 4 N–H and O–H groups in total. The van der Waals surface area contributed by atoms with E-state index in [2.05, 4.69) is 25.7 Å². The lowest BCUT2D eigenvalue weighted by atomic mass is 10.1. The summed E-state index contributed by atoms with van der Waals surface area (Å²) >= 11 is 0. The van der Waals surface area contributed by atoms with E-state index in [0.29, 0.717) is 0 Å².